The van der Waals surface area contributed by atoms with Crippen molar-refractivity contribution in [2.24, 2.45) is 0 Å². The molecular formula is C14H11N3S2. The summed E-state index contributed by atoms with van der Waals surface area (Å²) in [7, 11) is 0. The van der Waals surface area contributed by atoms with Gasteiger partial charge in [0, 0.05) is 23.4 Å². The van der Waals surface area contributed by atoms with Gasteiger partial charge in [-0.05, 0) is 11.4 Å². The van der Waals surface area contributed by atoms with Crippen LogP contribution in [0.25, 0.3) is 22.8 Å². The number of nitrogens with zero attached hydrogens (tertiary/aromatic N) is 3. The number of thiophene rings is 1. The van der Waals surface area contributed by atoms with Crippen LogP contribution in [0.2, 0.25) is 0 Å². The van der Waals surface area contributed by atoms with Gasteiger partial charge in [-0.15, -0.1) is 33.3 Å². The average molecular weight is 285 g/mol. The molecule has 1 aliphatic heterocycles. The smallest absolute Gasteiger partial charge is 0.166 e. The van der Waals surface area contributed by atoms with Crippen molar-refractivity contribution in [2.45, 2.75) is 10.8 Å². The molecule has 0 amide bonds. The number of thioether (sulfide) groups is 1. The highest BCUT2D eigenvalue weighted by Crippen LogP contribution is 2.39. The number of hydrogen-bond donors (Lipinski definition) is 0. The van der Waals surface area contributed by atoms with E-state index in [2.05, 4.69) is 38.3 Å². The lowest BCUT2D eigenvalue weighted by molar-refractivity contribution is 0.788. The van der Waals surface area contributed by atoms with Gasteiger partial charge in [-0.25, -0.2) is 0 Å². The van der Waals surface area contributed by atoms with Crippen LogP contribution in [-0.4, -0.2) is 20.5 Å². The Labute approximate surface area is 119 Å². The lowest BCUT2D eigenvalue weighted by atomic mass is 10.2. The minimum atomic E-state index is 0.957. The third-order valence-corrected chi connectivity index (χ3v) is 5.42. The minimum Gasteiger partial charge on any atom is -0.306 e. The molecule has 4 rings (SSSR count). The highest BCUT2D eigenvalue weighted by atomic mass is 32.2. The van der Waals surface area contributed by atoms with Crippen molar-refractivity contribution in [3.63, 3.8) is 0 Å². The van der Waals surface area contributed by atoms with Crippen LogP contribution < -0.4 is 0 Å². The molecule has 0 unspecified atom stereocenters. The Kier molecular flexibility index (Phi) is 2.67. The van der Waals surface area contributed by atoms with E-state index in [1.807, 2.05) is 30.0 Å². The van der Waals surface area contributed by atoms with Crippen LogP contribution in [0.1, 0.15) is 0 Å². The molecule has 2 aromatic heterocycles. The van der Waals surface area contributed by atoms with E-state index in [0.717, 1.165) is 29.5 Å². The summed E-state index contributed by atoms with van der Waals surface area (Å²) in [6.07, 6.45) is 0. The van der Waals surface area contributed by atoms with E-state index >= 15 is 0 Å². The van der Waals surface area contributed by atoms with E-state index in [-0.39, 0.29) is 0 Å². The van der Waals surface area contributed by atoms with Gasteiger partial charge in [-0.3, -0.25) is 0 Å². The van der Waals surface area contributed by atoms with Gasteiger partial charge in [0.15, 0.2) is 11.6 Å². The van der Waals surface area contributed by atoms with Gasteiger partial charge < -0.3 is 4.57 Å². The molecule has 3 aromatic rings. The normalized spacial score (nSPS) is 13.7. The van der Waals surface area contributed by atoms with Gasteiger partial charge in [-0.1, -0.05) is 30.3 Å². The fraction of sp³-hybridized carbons (Fsp3) is 0.143. The summed E-state index contributed by atoms with van der Waals surface area (Å²) in [5.41, 5.74) is 2.35. The molecule has 5 heteroatoms. The van der Waals surface area contributed by atoms with Gasteiger partial charge >= 0.3 is 0 Å². The second-order valence-corrected chi connectivity index (χ2v) is 6.61. The molecule has 0 saturated carbocycles. The number of aromatic nitrogens is 3. The van der Waals surface area contributed by atoms with Crippen LogP contribution in [-0.2, 0) is 6.54 Å². The zero-order valence-corrected chi connectivity index (χ0v) is 11.7. The van der Waals surface area contributed by atoms with Gasteiger partial charge in [0.25, 0.3) is 0 Å². The van der Waals surface area contributed by atoms with Gasteiger partial charge in [0.1, 0.15) is 0 Å². The van der Waals surface area contributed by atoms with E-state index in [4.69, 9.17) is 0 Å². The number of fused-ring (bicyclic) bond motifs is 3. The van der Waals surface area contributed by atoms with Crippen LogP contribution in [0.5, 0.6) is 0 Å². The molecule has 94 valence electrons. The molecule has 0 bridgehead atoms. The summed E-state index contributed by atoms with van der Waals surface area (Å²) in [5, 5.41) is 10.9. The maximum absolute atomic E-state index is 4.41. The minimum absolute atomic E-state index is 0.957. The number of rotatable bonds is 1. The van der Waals surface area contributed by atoms with E-state index in [0.29, 0.717) is 0 Å². The molecule has 0 N–H and O–H groups in total. The summed E-state index contributed by atoms with van der Waals surface area (Å²) in [6.45, 7) is 0.957. The van der Waals surface area contributed by atoms with Crippen LogP contribution in [0.3, 0.4) is 0 Å². The molecule has 1 aromatic carbocycles. The zero-order chi connectivity index (χ0) is 12.7. The average Bonchev–Trinajstić information content (AvgIpc) is 3.04. The van der Waals surface area contributed by atoms with Crippen molar-refractivity contribution in [2.75, 3.05) is 5.75 Å². The molecule has 1 aliphatic rings. The van der Waals surface area contributed by atoms with Gasteiger partial charge in [0.05, 0.1) is 4.21 Å². The van der Waals surface area contributed by atoms with Gasteiger partial charge in [-0.2, -0.15) is 0 Å². The standard InChI is InChI=1S/C14H11N3S2/c1-2-4-10(5-3-1)12-15-16-13-11-6-8-18-14(11)19-9-7-17(12)13/h1-6,8H,7,9H2. The Morgan fingerprint density at radius 3 is 2.74 bits per heavy atom. The Balaban J connectivity index is 1.91. The highest BCUT2D eigenvalue weighted by Gasteiger charge is 2.21. The second-order valence-electron chi connectivity index (χ2n) is 4.34. The fourth-order valence-corrected chi connectivity index (χ4v) is 4.39. The third kappa shape index (κ3) is 1.81. The summed E-state index contributed by atoms with van der Waals surface area (Å²) in [5.74, 6) is 3.04. The molecule has 0 atom stereocenters. The zero-order valence-electron chi connectivity index (χ0n) is 10.1. The lowest BCUT2D eigenvalue weighted by Crippen LogP contribution is -2.02. The molecule has 0 aliphatic carbocycles. The predicted octanol–water partition coefficient (Wildman–Crippen LogP) is 3.78. The van der Waals surface area contributed by atoms with Crippen molar-refractivity contribution in [1.82, 2.24) is 14.8 Å². The molecule has 0 spiro atoms. The first-order chi connectivity index (χ1) is 9.43. The molecule has 3 nitrogen and oxygen atoms in total. The van der Waals surface area contributed by atoms with Crippen molar-refractivity contribution >= 4 is 23.1 Å². The van der Waals surface area contributed by atoms with Crippen LogP contribution in [0.15, 0.2) is 46.0 Å². The van der Waals surface area contributed by atoms with Crippen LogP contribution >= 0.6 is 23.1 Å². The maximum atomic E-state index is 4.41. The summed E-state index contributed by atoms with van der Waals surface area (Å²) < 4.78 is 3.59. The SMILES string of the molecule is c1ccc(-c2nnc3n2CCSc2sccc2-3)cc1. The van der Waals surface area contributed by atoms with E-state index in [1.54, 1.807) is 11.3 Å². The Morgan fingerprint density at radius 1 is 1.00 bits per heavy atom. The molecule has 0 saturated heterocycles. The molecule has 19 heavy (non-hydrogen) atoms. The maximum Gasteiger partial charge on any atom is 0.166 e. The summed E-state index contributed by atoms with van der Waals surface area (Å²) >= 11 is 3.70. The van der Waals surface area contributed by atoms with Crippen LogP contribution in [0.4, 0.5) is 0 Å². The van der Waals surface area contributed by atoms with Crippen molar-refractivity contribution in [1.29, 1.82) is 0 Å². The third-order valence-electron chi connectivity index (χ3n) is 3.20. The van der Waals surface area contributed by atoms with Crippen LogP contribution in [0, 0.1) is 0 Å². The van der Waals surface area contributed by atoms with Crippen molar-refractivity contribution in [3.8, 4) is 22.8 Å². The van der Waals surface area contributed by atoms with E-state index in [1.165, 1.54) is 9.77 Å². The number of benzene rings is 1. The topological polar surface area (TPSA) is 30.7 Å². The van der Waals surface area contributed by atoms with E-state index < -0.39 is 0 Å². The highest BCUT2D eigenvalue weighted by molar-refractivity contribution is 8.01. The van der Waals surface area contributed by atoms with Gasteiger partial charge in [0.2, 0.25) is 0 Å². The molecular weight excluding hydrogens is 274 g/mol. The largest absolute Gasteiger partial charge is 0.306 e. The lowest BCUT2D eigenvalue weighted by Gasteiger charge is -2.06. The first kappa shape index (κ1) is 11.3. The van der Waals surface area contributed by atoms with Crippen molar-refractivity contribution in [3.05, 3.63) is 41.8 Å². The summed E-state index contributed by atoms with van der Waals surface area (Å²) in [6, 6.07) is 12.4. The molecule has 0 radical (unpaired) electrons. The molecule has 3 heterocycles. The Bertz CT molecular complexity index is 715. The Hall–Kier alpha value is -1.59. The quantitative estimate of drug-likeness (QED) is 0.681. The predicted molar refractivity (Wildman–Crippen MR) is 79.5 cm³/mol. The first-order valence-corrected chi connectivity index (χ1v) is 7.99. The first-order valence-electron chi connectivity index (χ1n) is 6.13. The monoisotopic (exact) mass is 285 g/mol. The number of hydrogen-bond acceptors (Lipinski definition) is 4. The Morgan fingerprint density at radius 2 is 1.84 bits per heavy atom. The second kappa shape index (κ2) is 4.51. The molecule has 0 fully saturated rings. The fourth-order valence-electron chi connectivity index (χ4n) is 2.32. The summed E-state index contributed by atoms with van der Waals surface area (Å²) in [4.78, 5) is 0. The van der Waals surface area contributed by atoms with Crippen molar-refractivity contribution < 1.29 is 0 Å². The van der Waals surface area contributed by atoms with E-state index in [9.17, 15) is 0 Å².